The second-order valence-electron chi connectivity index (χ2n) is 6.78. The van der Waals surface area contributed by atoms with Crippen molar-refractivity contribution >= 4 is 17.2 Å². The van der Waals surface area contributed by atoms with Gasteiger partial charge in [-0.1, -0.05) is 12.1 Å². The van der Waals surface area contributed by atoms with Crippen LogP contribution in [0.25, 0.3) is 22.2 Å². The van der Waals surface area contributed by atoms with E-state index in [0.29, 0.717) is 17.3 Å². The molecule has 5 aromatic rings. The molecule has 0 spiro atoms. The number of amides is 1. The molecule has 0 fully saturated rings. The molecule has 1 amide bonds. The highest BCUT2D eigenvalue weighted by Gasteiger charge is 2.19. The van der Waals surface area contributed by atoms with Gasteiger partial charge in [0.25, 0.3) is 5.91 Å². The first kappa shape index (κ1) is 19.8. The van der Waals surface area contributed by atoms with E-state index in [1.807, 2.05) is 35.7 Å². The van der Waals surface area contributed by atoms with Crippen LogP contribution in [-0.4, -0.2) is 35.4 Å². The average molecular weight is 445 g/mol. The maximum Gasteiger partial charge on any atom is 0.291 e. The zero-order valence-corrected chi connectivity index (χ0v) is 17.4. The van der Waals surface area contributed by atoms with Crippen LogP contribution in [0, 0.1) is 5.82 Å². The minimum absolute atomic E-state index is 0.000910. The van der Waals surface area contributed by atoms with Crippen LogP contribution in [0.3, 0.4) is 0 Å². The summed E-state index contributed by atoms with van der Waals surface area (Å²) >= 11 is 1.46. The highest BCUT2D eigenvalue weighted by Crippen LogP contribution is 2.25. The Labute approximate surface area is 186 Å². The third-order valence-corrected chi connectivity index (χ3v) is 5.47. The summed E-state index contributed by atoms with van der Waals surface area (Å²) in [7, 11) is 0. The number of nitrogens with one attached hydrogen (secondary N) is 1. The van der Waals surface area contributed by atoms with E-state index in [-0.39, 0.29) is 12.4 Å². The summed E-state index contributed by atoms with van der Waals surface area (Å²) in [5.41, 5.74) is 1.33. The number of carbonyl (C=O) groups is 1. The van der Waals surface area contributed by atoms with E-state index in [4.69, 9.17) is 0 Å². The number of hydrogen-bond donors (Lipinski definition) is 1. The van der Waals surface area contributed by atoms with Gasteiger partial charge in [0.1, 0.15) is 5.82 Å². The minimum Gasteiger partial charge on any atom is -0.345 e. The van der Waals surface area contributed by atoms with Gasteiger partial charge in [-0.05, 0) is 53.4 Å². The van der Waals surface area contributed by atoms with Gasteiger partial charge in [-0.3, -0.25) is 4.79 Å². The molecule has 5 rings (SSSR count). The molecule has 0 radical (unpaired) electrons. The lowest BCUT2D eigenvalue weighted by atomic mass is 10.2. The highest BCUT2D eigenvalue weighted by molar-refractivity contribution is 7.13. The number of benzene rings is 1. The average Bonchev–Trinajstić information content (AvgIpc) is 3.58. The molecule has 4 heterocycles. The number of halogens is 1. The fourth-order valence-corrected chi connectivity index (χ4v) is 3.82. The van der Waals surface area contributed by atoms with Crippen LogP contribution in [-0.2, 0) is 6.54 Å². The van der Waals surface area contributed by atoms with Crippen molar-refractivity contribution in [3.05, 3.63) is 95.8 Å². The predicted octanol–water partition coefficient (Wildman–Crippen LogP) is 3.65. The van der Waals surface area contributed by atoms with E-state index < -0.39 is 11.7 Å². The number of rotatable bonds is 6. The van der Waals surface area contributed by atoms with Gasteiger partial charge < -0.3 is 5.32 Å². The SMILES string of the molecule is O=C(NCc1ccnc(-n2cccn2)c1)c1nc(-c2cccs2)n(-c2cccc(F)c2)n1. The molecule has 0 atom stereocenters. The molecule has 0 aliphatic carbocycles. The first-order valence-corrected chi connectivity index (χ1v) is 10.6. The van der Waals surface area contributed by atoms with Crippen molar-refractivity contribution in [1.82, 2.24) is 34.8 Å². The van der Waals surface area contributed by atoms with Crippen molar-refractivity contribution < 1.29 is 9.18 Å². The van der Waals surface area contributed by atoms with Crippen LogP contribution in [0.2, 0.25) is 0 Å². The van der Waals surface area contributed by atoms with Crippen molar-refractivity contribution in [3.8, 4) is 22.2 Å². The number of aromatic nitrogens is 6. The summed E-state index contributed by atoms with van der Waals surface area (Å²) < 4.78 is 16.9. The molecule has 1 aromatic carbocycles. The largest absolute Gasteiger partial charge is 0.345 e. The lowest BCUT2D eigenvalue weighted by Gasteiger charge is -2.05. The van der Waals surface area contributed by atoms with Crippen LogP contribution in [0.15, 0.2) is 78.6 Å². The van der Waals surface area contributed by atoms with Gasteiger partial charge in [0.05, 0.1) is 10.6 Å². The highest BCUT2D eigenvalue weighted by atomic mass is 32.1. The number of nitrogens with zero attached hydrogens (tertiary/aromatic N) is 6. The van der Waals surface area contributed by atoms with Gasteiger partial charge in [-0.2, -0.15) is 5.10 Å². The molecule has 0 aliphatic heterocycles. The molecular formula is C22H16FN7OS. The van der Waals surface area contributed by atoms with Crippen LogP contribution < -0.4 is 5.32 Å². The van der Waals surface area contributed by atoms with Crippen LogP contribution >= 0.6 is 11.3 Å². The van der Waals surface area contributed by atoms with Gasteiger partial charge in [0, 0.05) is 25.1 Å². The summed E-state index contributed by atoms with van der Waals surface area (Å²) in [6, 6.07) is 15.2. The van der Waals surface area contributed by atoms with Crippen molar-refractivity contribution in [2.24, 2.45) is 0 Å². The Bertz CT molecular complexity index is 1360. The van der Waals surface area contributed by atoms with Crippen LogP contribution in [0.1, 0.15) is 16.2 Å². The molecule has 158 valence electrons. The molecule has 10 heteroatoms. The number of hydrogen-bond acceptors (Lipinski definition) is 6. The molecule has 4 aromatic heterocycles. The first-order valence-electron chi connectivity index (χ1n) is 9.67. The second-order valence-corrected chi connectivity index (χ2v) is 7.73. The fraction of sp³-hybridized carbons (Fsp3) is 0.0455. The number of pyridine rings is 1. The summed E-state index contributed by atoms with van der Waals surface area (Å²) in [5.74, 6) is 0.289. The Balaban J connectivity index is 1.40. The van der Waals surface area contributed by atoms with Gasteiger partial charge in [0.15, 0.2) is 11.6 Å². The topological polar surface area (TPSA) is 90.5 Å². The normalized spacial score (nSPS) is 10.9. The van der Waals surface area contributed by atoms with E-state index in [2.05, 4.69) is 25.5 Å². The summed E-state index contributed by atoms with van der Waals surface area (Å²) in [5, 5.41) is 13.2. The molecule has 0 saturated heterocycles. The Kier molecular flexibility index (Phi) is 5.26. The Morgan fingerprint density at radius 3 is 2.81 bits per heavy atom. The van der Waals surface area contributed by atoms with Crippen LogP contribution in [0.5, 0.6) is 0 Å². The maximum absolute atomic E-state index is 13.8. The molecule has 8 nitrogen and oxygen atoms in total. The van der Waals surface area contributed by atoms with Crippen molar-refractivity contribution in [3.63, 3.8) is 0 Å². The number of thiophene rings is 1. The fourth-order valence-electron chi connectivity index (χ4n) is 3.12. The lowest BCUT2D eigenvalue weighted by Crippen LogP contribution is -2.24. The first-order chi connectivity index (χ1) is 15.7. The van der Waals surface area contributed by atoms with Crippen molar-refractivity contribution in [2.75, 3.05) is 0 Å². The zero-order chi connectivity index (χ0) is 21.9. The standard InChI is InChI=1S/C22H16FN7OS/c23-16-4-1-5-17(13-16)30-21(18-6-2-11-32-18)27-20(28-30)22(31)25-14-15-7-9-24-19(12-15)29-10-3-8-26-29/h1-13H,14H2,(H,25,31). The van der Waals surface area contributed by atoms with Crippen LogP contribution in [0.4, 0.5) is 4.39 Å². The molecule has 1 N–H and O–H groups in total. The minimum atomic E-state index is -0.435. The van der Waals surface area contributed by atoms with E-state index in [1.54, 1.807) is 35.4 Å². The Hall–Kier alpha value is -4.18. The Morgan fingerprint density at radius 1 is 1.09 bits per heavy atom. The molecule has 0 saturated carbocycles. The molecular weight excluding hydrogens is 429 g/mol. The monoisotopic (exact) mass is 445 g/mol. The van der Waals surface area contributed by atoms with Gasteiger partial charge in [0.2, 0.25) is 5.82 Å². The molecule has 0 aliphatic rings. The van der Waals surface area contributed by atoms with Gasteiger partial charge in [-0.25, -0.2) is 23.7 Å². The van der Waals surface area contributed by atoms with E-state index >= 15 is 0 Å². The summed E-state index contributed by atoms with van der Waals surface area (Å²) in [6.45, 7) is 0.262. The number of carbonyl (C=O) groups excluding carboxylic acids is 1. The Morgan fingerprint density at radius 2 is 2.03 bits per heavy atom. The van der Waals surface area contributed by atoms with Gasteiger partial charge >= 0.3 is 0 Å². The smallest absolute Gasteiger partial charge is 0.291 e. The summed E-state index contributed by atoms with van der Waals surface area (Å²) in [6.07, 6.45) is 5.12. The van der Waals surface area contributed by atoms with Gasteiger partial charge in [-0.15, -0.1) is 16.4 Å². The quantitative estimate of drug-likeness (QED) is 0.431. The van der Waals surface area contributed by atoms with E-state index in [9.17, 15) is 9.18 Å². The third-order valence-electron chi connectivity index (χ3n) is 4.61. The summed E-state index contributed by atoms with van der Waals surface area (Å²) in [4.78, 5) is 22.3. The molecule has 0 bridgehead atoms. The van der Waals surface area contributed by atoms with E-state index in [1.165, 1.54) is 28.2 Å². The predicted molar refractivity (Wildman–Crippen MR) is 117 cm³/mol. The molecule has 32 heavy (non-hydrogen) atoms. The van der Waals surface area contributed by atoms with Crippen molar-refractivity contribution in [1.29, 1.82) is 0 Å². The maximum atomic E-state index is 13.8. The lowest BCUT2D eigenvalue weighted by molar-refractivity contribution is 0.0940. The third kappa shape index (κ3) is 4.03. The van der Waals surface area contributed by atoms with E-state index in [0.717, 1.165) is 10.4 Å². The second kappa shape index (κ2) is 8.52. The van der Waals surface area contributed by atoms with Crippen molar-refractivity contribution in [2.45, 2.75) is 6.54 Å². The molecule has 0 unspecified atom stereocenters. The zero-order valence-electron chi connectivity index (χ0n) is 16.6.